The highest BCUT2D eigenvalue weighted by Gasteiger charge is 2.05. The fourth-order valence-electron chi connectivity index (χ4n) is 1.35. The van der Waals surface area contributed by atoms with Crippen LogP contribution in [0.1, 0.15) is 12.7 Å². The van der Waals surface area contributed by atoms with Crippen molar-refractivity contribution in [3.8, 4) is 0 Å². The van der Waals surface area contributed by atoms with Crippen LogP contribution in [0.15, 0.2) is 33.2 Å². The number of rotatable bonds is 3. The summed E-state index contributed by atoms with van der Waals surface area (Å²) in [7, 11) is 0. The average molecular weight is 255 g/mol. The smallest absolute Gasteiger partial charge is 0.148 e. The van der Waals surface area contributed by atoms with Gasteiger partial charge in [-0.25, -0.2) is 0 Å². The minimum Gasteiger partial charge on any atom is -0.457 e. The van der Waals surface area contributed by atoms with E-state index in [9.17, 15) is 0 Å². The number of para-hydroxylation sites is 1. The Labute approximate surface area is 91.0 Å². The lowest BCUT2D eigenvalue weighted by molar-refractivity contribution is 0.119. The summed E-state index contributed by atoms with van der Waals surface area (Å²) in [5, 5.41) is 1.11. The van der Waals surface area contributed by atoms with Crippen LogP contribution in [-0.4, -0.2) is 6.61 Å². The van der Waals surface area contributed by atoms with E-state index in [2.05, 4.69) is 15.9 Å². The molecule has 1 aromatic carbocycles. The van der Waals surface area contributed by atoms with Crippen molar-refractivity contribution in [1.82, 2.24) is 0 Å². The first-order valence-electron chi connectivity index (χ1n) is 4.56. The molecule has 2 nitrogen and oxygen atoms in total. The van der Waals surface area contributed by atoms with Gasteiger partial charge in [-0.1, -0.05) is 12.1 Å². The zero-order chi connectivity index (χ0) is 9.97. The summed E-state index contributed by atoms with van der Waals surface area (Å²) in [5.74, 6) is 0.869. The van der Waals surface area contributed by atoms with Crippen LogP contribution in [0.3, 0.4) is 0 Å². The first-order valence-corrected chi connectivity index (χ1v) is 5.35. The maximum atomic E-state index is 5.63. The quantitative estimate of drug-likeness (QED) is 0.833. The second-order valence-electron chi connectivity index (χ2n) is 3.01. The third-order valence-corrected chi connectivity index (χ3v) is 2.62. The highest BCUT2D eigenvalue weighted by Crippen LogP contribution is 2.27. The highest BCUT2D eigenvalue weighted by atomic mass is 79.9. The number of benzene rings is 1. The monoisotopic (exact) mass is 254 g/mol. The van der Waals surface area contributed by atoms with Crippen LogP contribution >= 0.6 is 15.9 Å². The predicted molar refractivity (Wildman–Crippen MR) is 59.2 cm³/mol. The Morgan fingerprint density at radius 3 is 3.00 bits per heavy atom. The Morgan fingerprint density at radius 2 is 2.29 bits per heavy atom. The molecule has 0 N–H and O–H groups in total. The normalized spacial score (nSPS) is 11.0. The molecule has 0 radical (unpaired) electrons. The van der Waals surface area contributed by atoms with Crippen molar-refractivity contribution < 1.29 is 9.15 Å². The zero-order valence-corrected chi connectivity index (χ0v) is 9.50. The molecule has 14 heavy (non-hydrogen) atoms. The molecule has 0 spiro atoms. The fourth-order valence-corrected chi connectivity index (χ4v) is 1.82. The van der Waals surface area contributed by atoms with Crippen LogP contribution in [0, 0.1) is 0 Å². The first kappa shape index (κ1) is 9.74. The number of fused-ring (bicyclic) bond motifs is 1. The van der Waals surface area contributed by atoms with Gasteiger partial charge in [-0.2, -0.15) is 0 Å². The molecule has 0 saturated carbocycles. The highest BCUT2D eigenvalue weighted by molar-refractivity contribution is 9.10. The molecule has 2 aromatic rings. The zero-order valence-electron chi connectivity index (χ0n) is 7.92. The molecule has 1 aromatic heterocycles. The van der Waals surface area contributed by atoms with Crippen molar-refractivity contribution in [2.75, 3.05) is 6.61 Å². The van der Waals surface area contributed by atoms with Gasteiger partial charge in [0.1, 0.15) is 18.0 Å². The van der Waals surface area contributed by atoms with Crippen LogP contribution in [0.25, 0.3) is 11.0 Å². The number of halogens is 1. The Hall–Kier alpha value is -0.800. The molecule has 74 valence electrons. The Balaban J connectivity index is 2.36. The van der Waals surface area contributed by atoms with Crippen molar-refractivity contribution in [1.29, 1.82) is 0 Å². The van der Waals surface area contributed by atoms with Crippen molar-refractivity contribution in [2.24, 2.45) is 0 Å². The van der Waals surface area contributed by atoms with Crippen LogP contribution in [0.5, 0.6) is 0 Å². The van der Waals surface area contributed by atoms with Gasteiger partial charge in [0.15, 0.2) is 0 Å². The van der Waals surface area contributed by atoms with E-state index in [1.54, 1.807) is 0 Å². The lowest BCUT2D eigenvalue weighted by atomic mass is 10.2. The number of hydrogen-bond acceptors (Lipinski definition) is 2. The van der Waals surface area contributed by atoms with Crippen LogP contribution in [-0.2, 0) is 11.3 Å². The van der Waals surface area contributed by atoms with Gasteiger partial charge in [0, 0.05) is 12.0 Å². The van der Waals surface area contributed by atoms with Gasteiger partial charge < -0.3 is 9.15 Å². The van der Waals surface area contributed by atoms with E-state index in [4.69, 9.17) is 9.15 Å². The molecule has 0 fully saturated rings. The van der Waals surface area contributed by atoms with E-state index >= 15 is 0 Å². The summed E-state index contributed by atoms with van der Waals surface area (Å²) in [4.78, 5) is 0. The lowest BCUT2D eigenvalue weighted by Crippen LogP contribution is -1.88. The maximum absolute atomic E-state index is 5.63. The maximum Gasteiger partial charge on any atom is 0.148 e. The van der Waals surface area contributed by atoms with Crippen molar-refractivity contribution in [3.63, 3.8) is 0 Å². The van der Waals surface area contributed by atoms with Crippen LogP contribution in [0.2, 0.25) is 0 Å². The molecule has 0 unspecified atom stereocenters. The summed E-state index contributed by atoms with van der Waals surface area (Å²) in [6, 6.07) is 8.00. The molecule has 0 bridgehead atoms. The minimum absolute atomic E-state index is 0.539. The van der Waals surface area contributed by atoms with Crippen molar-refractivity contribution in [2.45, 2.75) is 13.5 Å². The molecule has 1 heterocycles. The summed E-state index contributed by atoms with van der Waals surface area (Å²) in [5.41, 5.74) is 0.891. The second kappa shape index (κ2) is 4.15. The Morgan fingerprint density at radius 1 is 1.43 bits per heavy atom. The van der Waals surface area contributed by atoms with E-state index in [1.807, 2.05) is 31.2 Å². The average Bonchev–Trinajstić information content (AvgIpc) is 2.59. The van der Waals surface area contributed by atoms with E-state index in [-0.39, 0.29) is 0 Å². The van der Waals surface area contributed by atoms with Crippen LogP contribution in [0.4, 0.5) is 0 Å². The molecular formula is C11H11BrO2. The van der Waals surface area contributed by atoms with Crippen molar-refractivity contribution >= 4 is 26.9 Å². The summed E-state index contributed by atoms with van der Waals surface area (Å²) >= 11 is 3.44. The van der Waals surface area contributed by atoms with Gasteiger partial charge in [-0.15, -0.1) is 0 Å². The van der Waals surface area contributed by atoms with Gasteiger partial charge in [0.05, 0.1) is 4.47 Å². The molecule has 0 saturated heterocycles. The van der Waals surface area contributed by atoms with Gasteiger partial charge in [-0.3, -0.25) is 0 Å². The number of furan rings is 1. The summed E-state index contributed by atoms with van der Waals surface area (Å²) in [6.45, 7) is 3.22. The third-order valence-electron chi connectivity index (χ3n) is 2.00. The fraction of sp³-hybridized carbons (Fsp3) is 0.273. The molecule has 3 heteroatoms. The molecule has 0 atom stereocenters. The largest absolute Gasteiger partial charge is 0.457 e. The van der Waals surface area contributed by atoms with Gasteiger partial charge in [-0.05, 0) is 35.0 Å². The molecule has 0 aliphatic carbocycles. The molecule has 0 aliphatic heterocycles. The van der Waals surface area contributed by atoms with Crippen LogP contribution < -0.4 is 0 Å². The van der Waals surface area contributed by atoms with E-state index in [0.717, 1.165) is 21.2 Å². The van der Waals surface area contributed by atoms with Crippen molar-refractivity contribution in [3.05, 3.63) is 34.5 Å². The summed E-state index contributed by atoms with van der Waals surface area (Å²) < 4.78 is 11.9. The topological polar surface area (TPSA) is 22.4 Å². The number of ether oxygens (including phenoxy) is 1. The SMILES string of the molecule is CCOCc1cc2cccc(Br)c2o1. The van der Waals surface area contributed by atoms with Gasteiger partial charge >= 0.3 is 0 Å². The predicted octanol–water partition coefficient (Wildman–Crippen LogP) is 3.73. The Bertz CT molecular complexity index is 434. The van der Waals surface area contributed by atoms with E-state index in [1.165, 1.54) is 0 Å². The second-order valence-corrected chi connectivity index (χ2v) is 3.86. The van der Waals surface area contributed by atoms with Gasteiger partial charge in [0.25, 0.3) is 0 Å². The molecule has 2 rings (SSSR count). The number of hydrogen-bond donors (Lipinski definition) is 0. The standard InChI is InChI=1S/C11H11BrO2/c1-2-13-7-9-6-8-4-3-5-10(12)11(8)14-9/h3-6H,2,7H2,1H3. The van der Waals surface area contributed by atoms with E-state index < -0.39 is 0 Å². The summed E-state index contributed by atoms with van der Waals surface area (Å²) in [6.07, 6.45) is 0. The van der Waals surface area contributed by atoms with Gasteiger partial charge in [0.2, 0.25) is 0 Å². The lowest BCUT2D eigenvalue weighted by Gasteiger charge is -1.95. The minimum atomic E-state index is 0.539. The molecule has 0 aliphatic rings. The first-order chi connectivity index (χ1) is 6.81. The van der Waals surface area contributed by atoms with E-state index in [0.29, 0.717) is 13.2 Å². The third kappa shape index (κ3) is 1.83. The molecule has 0 amide bonds. The molecular weight excluding hydrogens is 244 g/mol. The Kier molecular flexibility index (Phi) is 2.89.